The number of rotatable bonds is 1. The number of aromatic nitrogens is 2. The molecule has 84 valence electrons. The fourth-order valence-corrected chi connectivity index (χ4v) is 1.49. The van der Waals surface area contributed by atoms with Gasteiger partial charge in [-0.15, -0.1) is 0 Å². The Morgan fingerprint density at radius 3 is 2.50 bits per heavy atom. The molecule has 2 rings (SSSR count). The summed E-state index contributed by atoms with van der Waals surface area (Å²) in [7, 11) is 0. The Labute approximate surface area is 94.7 Å². The Morgan fingerprint density at radius 2 is 1.94 bits per heavy atom. The van der Waals surface area contributed by atoms with Gasteiger partial charge in [0.05, 0.1) is 11.4 Å². The van der Waals surface area contributed by atoms with Crippen LogP contribution in [-0.2, 0) is 5.41 Å². The van der Waals surface area contributed by atoms with Crippen LogP contribution < -0.4 is 0 Å². The minimum atomic E-state index is -0.245. The third kappa shape index (κ3) is 2.13. The van der Waals surface area contributed by atoms with E-state index < -0.39 is 0 Å². The van der Waals surface area contributed by atoms with E-state index in [1.54, 1.807) is 10.7 Å². The van der Waals surface area contributed by atoms with E-state index in [0.29, 0.717) is 0 Å². The van der Waals surface area contributed by atoms with Crippen molar-refractivity contribution in [2.45, 2.75) is 26.2 Å². The number of hydrogen-bond donors (Lipinski definition) is 0. The molecule has 0 spiro atoms. The molecule has 2 nitrogen and oxygen atoms in total. The van der Waals surface area contributed by atoms with Crippen LogP contribution in [0.1, 0.15) is 26.5 Å². The maximum atomic E-state index is 13.1. The van der Waals surface area contributed by atoms with Crippen LogP contribution in [0.2, 0.25) is 0 Å². The third-order valence-corrected chi connectivity index (χ3v) is 2.43. The molecule has 0 saturated heterocycles. The summed E-state index contributed by atoms with van der Waals surface area (Å²) in [4.78, 5) is 0. The number of benzene rings is 1. The molecule has 0 saturated carbocycles. The standard InChI is InChI=1S/C13H15FN2/c1-13(2,3)12-7-8-16(15-12)11-6-4-5-10(14)9-11/h4-9H,1-3H3. The van der Waals surface area contributed by atoms with E-state index in [2.05, 4.69) is 25.9 Å². The largest absolute Gasteiger partial charge is 0.241 e. The SMILES string of the molecule is CC(C)(C)c1ccn(-c2cccc(F)c2)n1. The zero-order valence-electron chi connectivity index (χ0n) is 9.74. The fraction of sp³-hybridized carbons (Fsp3) is 0.308. The predicted molar refractivity (Wildman–Crippen MR) is 62.2 cm³/mol. The summed E-state index contributed by atoms with van der Waals surface area (Å²) >= 11 is 0. The molecule has 0 aliphatic heterocycles. The quantitative estimate of drug-likeness (QED) is 0.718. The van der Waals surface area contributed by atoms with Crippen LogP contribution in [0.25, 0.3) is 5.69 Å². The van der Waals surface area contributed by atoms with Crippen molar-refractivity contribution < 1.29 is 4.39 Å². The Balaban J connectivity index is 2.39. The van der Waals surface area contributed by atoms with E-state index in [-0.39, 0.29) is 11.2 Å². The van der Waals surface area contributed by atoms with Crippen molar-refractivity contribution in [1.82, 2.24) is 9.78 Å². The van der Waals surface area contributed by atoms with Crippen molar-refractivity contribution >= 4 is 0 Å². The average molecular weight is 218 g/mol. The molecule has 0 fully saturated rings. The van der Waals surface area contributed by atoms with E-state index >= 15 is 0 Å². The summed E-state index contributed by atoms with van der Waals surface area (Å²) in [5, 5.41) is 4.44. The third-order valence-electron chi connectivity index (χ3n) is 2.43. The minimum Gasteiger partial charge on any atom is -0.241 e. The van der Waals surface area contributed by atoms with E-state index in [4.69, 9.17) is 0 Å². The van der Waals surface area contributed by atoms with Gasteiger partial charge in [0.25, 0.3) is 0 Å². The molecule has 0 N–H and O–H groups in total. The molecule has 1 heterocycles. The van der Waals surface area contributed by atoms with Crippen LogP contribution in [0.5, 0.6) is 0 Å². The molecule has 0 atom stereocenters. The Morgan fingerprint density at radius 1 is 1.19 bits per heavy atom. The molecule has 1 aromatic carbocycles. The molecular formula is C13H15FN2. The smallest absolute Gasteiger partial charge is 0.125 e. The number of halogens is 1. The molecule has 0 aliphatic carbocycles. The Bertz CT molecular complexity index is 495. The average Bonchev–Trinajstić information content (AvgIpc) is 2.65. The summed E-state index contributed by atoms with van der Waals surface area (Å²) in [6.45, 7) is 6.31. The van der Waals surface area contributed by atoms with E-state index in [0.717, 1.165) is 11.4 Å². The molecular weight excluding hydrogens is 203 g/mol. The highest BCUT2D eigenvalue weighted by Crippen LogP contribution is 2.20. The molecule has 3 heteroatoms. The molecule has 0 unspecified atom stereocenters. The highest BCUT2D eigenvalue weighted by atomic mass is 19.1. The first kappa shape index (κ1) is 10.9. The van der Waals surface area contributed by atoms with Gasteiger partial charge in [-0.1, -0.05) is 26.8 Å². The molecule has 1 aromatic heterocycles. The Hall–Kier alpha value is -1.64. The van der Waals surface area contributed by atoms with Crippen molar-refractivity contribution in [2.24, 2.45) is 0 Å². The lowest BCUT2D eigenvalue weighted by atomic mass is 9.93. The molecule has 0 amide bonds. The zero-order valence-corrected chi connectivity index (χ0v) is 9.74. The van der Waals surface area contributed by atoms with Gasteiger partial charge in [0.1, 0.15) is 5.82 Å². The van der Waals surface area contributed by atoms with Gasteiger partial charge in [-0.05, 0) is 24.3 Å². The van der Waals surface area contributed by atoms with Gasteiger partial charge in [0, 0.05) is 11.6 Å². The topological polar surface area (TPSA) is 17.8 Å². The first-order valence-electron chi connectivity index (χ1n) is 5.29. The maximum Gasteiger partial charge on any atom is 0.125 e. The van der Waals surface area contributed by atoms with Crippen molar-refractivity contribution in [1.29, 1.82) is 0 Å². The van der Waals surface area contributed by atoms with Crippen LogP contribution in [0.15, 0.2) is 36.5 Å². The van der Waals surface area contributed by atoms with Gasteiger partial charge < -0.3 is 0 Å². The minimum absolute atomic E-state index is 0.0125. The van der Waals surface area contributed by atoms with Gasteiger partial charge in [-0.25, -0.2) is 9.07 Å². The predicted octanol–water partition coefficient (Wildman–Crippen LogP) is 3.31. The second kappa shape index (κ2) is 3.74. The first-order chi connectivity index (χ1) is 7.47. The Kier molecular flexibility index (Phi) is 2.54. The number of hydrogen-bond acceptors (Lipinski definition) is 1. The second-order valence-corrected chi connectivity index (χ2v) is 4.88. The van der Waals surface area contributed by atoms with Crippen LogP contribution >= 0.6 is 0 Å². The van der Waals surface area contributed by atoms with Gasteiger partial charge in [-0.2, -0.15) is 5.10 Å². The van der Waals surface area contributed by atoms with Crippen LogP contribution in [0.4, 0.5) is 4.39 Å². The van der Waals surface area contributed by atoms with Crippen molar-refractivity contribution in [3.8, 4) is 5.69 Å². The molecule has 0 bridgehead atoms. The highest BCUT2D eigenvalue weighted by Gasteiger charge is 2.16. The number of nitrogens with zero attached hydrogens (tertiary/aromatic N) is 2. The van der Waals surface area contributed by atoms with Gasteiger partial charge in [0.2, 0.25) is 0 Å². The van der Waals surface area contributed by atoms with E-state index in [1.165, 1.54) is 12.1 Å². The van der Waals surface area contributed by atoms with E-state index in [9.17, 15) is 4.39 Å². The lowest BCUT2D eigenvalue weighted by molar-refractivity contribution is 0.560. The van der Waals surface area contributed by atoms with Gasteiger partial charge in [0.15, 0.2) is 0 Å². The molecule has 0 radical (unpaired) electrons. The highest BCUT2D eigenvalue weighted by molar-refractivity contribution is 5.31. The second-order valence-electron chi connectivity index (χ2n) is 4.88. The molecule has 0 aliphatic rings. The van der Waals surface area contributed by atoms with Crippen LogP contribution in [0, 0.1) is 5.82 Å². The monoisotopic (exact) mass is 218 g/mol. The van der Waals surface area contributed by atoms with Crippen molar-refractivity contribution in [3.05, 3.63) is 48.0 Å². The maximum absolute atomic E-state index is 13.1. The van der Waals surface area contributed by atoms with Gasteiger partial charge in [-0.3, -0.25) is 0 Å². The summed E-state index contributed by atoms with van der Waals surface area (Å²) < 4.78 is 14.8. The zero-order chi connectivity index (χ0) is 11.8. The summed E-state index contributed by atoms with van der Waals surface area (Å²) in [5.74, 6) is -0.245. The molecule has 16 heavy (non-hydrogen) atoms. The van der Waals surface area contributed by atoms with Crippen LogP contribution in [-0.4, -0.2) is 9.78 Å². The van der Waals surface area contributed by atoms with Crippen molar-refractivity contribution in [3.63, 3.8) is 0 Å². The van der Waals surface area contributed by atoms with Gasteiger partial charge >= 0.3 is 0 Å². The lowest BCUT2D eigenvalue weighted by Crippen LogP contribution is -2.12. The summed E-state index contributed by atoms with van der Waals surface area (Å²) in [6, 6.07) is 8.38. The van der Waals surface area contributed by atoms with Crippen LogP contribution in [0.3, 0.4) is 0 Å². The van der Waals surface area contributed by atoms with Crippen molar-refractivity contribution in [2.75, 3.05) is 0 Å². The molecule has 2 aromatic rings. The summed E-state index contributed by atoms with van der Waals surface area (Å²) in [5.41, 5.74) is 1.76. The lowest BCUT2D eigenvalue weighted by Gasteiger charge is -2.14. The normalized spacial score (nSPS) is 11.8. The first-order valence-corrected chi connectivity index (χ1v) is 5.29. The van der Waals surface area contributed by atoms with E-state index in [1.807, 2.05) is 18.3 Å². The summed E-state index contributed by atoms with van der Waals surface area (Å²) in [6.07, 6.45) is 1.86. The fourth-order valence-electron chi connectivity index (χ4n) is 1.49.